The Bertz CT molecular complexity index is 723. The third kappa shape index (κ3) is 3.39. The van der Waals surface area contributed by atoms with Gasteiger partial charge in [0.25, 0.3) is 5.91 Å². The van der Waals surface area contributed by atoms with Crippen molar-refractivity contribution in [3.8, 4) is 0 Å². The minimum absolute atomic E-state index is 0.222. The van der Waals surface area contributed by atoms with Gasteiger partial charge in [0, 0.05) is 5.69 Å². The van der Waals surface area contributed by atoms with Crippen LogP contribution in [0.3, 0.4) is 0 Å². The Morgan fingerprint density at radius 3 is 2.70 bits per heavy atom. The Labute approximate surface area is 130 Å². The first-order valence-corrected chi connectivity index (χ1v) is 6.89. The molecule has 2 aromatic rings. The molecule has 1 atom stereocenters. The maximum atomic E-state index is 12.8. The predicted molar refractivity (Wildman–Crippen MR) is 78.7 cm³/mol. The van der Waals surface area contributed by atoms with Gasteiger partial charge in [0.15, 0.2) is 0 Å². The smallest absolute Gasteiger partial charge is 0.406 e. The summed E-state index contributed by atoms with van der Waals surface area (Å²) >= 11 is 0. The van der Waals surface area contributed by atoms with Crippen LogP contribution in [0.5, 0.6) is 0 Å². The van der Waals surface area contributed by atoms with Crippen molar-refractivity contribution >= 4 is 17.7 Å². The van der Waals surface area contributed by atoms with Crippen molar-refractivity contribution in [2.24, 2.45) is 0 Å². The zero-order valence-corrected chi connectivity index (χ0v) is 11.9. The molecule has 120 valence electrons. The SMILES string of the molecule is O=C1c2ccccc2N[C@@H](/C=C/c2ccco2)N1CC(F)(F)F. The largest absolute Gasteiger partial charge is 0.465 e. The van der Waals surface area contributed by atoms with Gasteiger partial charge in [-0.25, -0.2) is 0 Å². The first-order valence-electron chi connectivity index (χ1n) is 6.89. The van der Waals surface area contributed by atoms with E-state index in [0.29, 0.717) is 11.4 Å². The van der Waals surface area contributed by atoms with Gasteiger partial charge < -0.3 is 14.6 Å². The summed E-state index contributed by atoms with van der Waals surface area (Å²) in [7, 11) is 0. The number of benzene rings is 1. The summed E-state index contributed by atoms with van der Waals surface area (Å²) in [4.78, 5) is 13.1. The summed E-state index contributed by atoms with van der Waals surface area (Å²) in [5.74, 6) is -0.171. The zero-order chi connectivity index (χ0) is 16.4. The molecule has 1 N–H and O–H groups in total. The second-order valence-electron chi connectivity index (χ2n) is 5.06. The fourth-order valence-electron chi connectivity index (χ4n) is 2.40. The Morgan fingerprint density at radius 2 is 2.00 bits per heavy atom. The van der Waals surface area contributed by atoms with E-state index in [1.165, 1.54) is 24.5 Å². The maximum Gasteiger partial charge on any atom is 0.406 e. The summed E-state index contributed by atoms with van der Waals surface area (Å²) in [6.45, 7) is -1.33. The highest BCUT2D eigenvalue weighted by molar-refractivity contribution is 6.01. The van der Waals surface area contributed by atoms with Crippen molar-refractivity contribution < 1.29 is 22.4 Å². The number of anilines is 1. The van der Waals surface area contributed by atoms with Crippen LogP contribution in [0.1, 0.15) is 16.1 Å². The first kappa shape index (κ1) is 15.2. The molecule has 0 bridgehead atoms. The third-order valence-corrected chi connectivity index (χ3v) is 3.39. The summed E-state index contributed by atoms with van der Waals surface area (Å²) < 4.78 is 43.6. The van der Waals surface area contributed by atoms with E-state index in [4.69, 9.17) is 4.42 Å². The number of alkyl halides is 3. The molecule has 0 saturated carbocycles. The van der Waals surface area contributed by atoms with Crippen LogP contribution in [0, 0.1) is 0 Å². The number of hydrogen-bond donors (Lipinski definition) is 1. The fourth-order valence-corrected chi connectivity index (χ4v) is 2.40. The van der Waals surface area contributed by atoms with E-state index >= 15 is 0 Å². The molecule has 1 amide bonds. The normalized spacial score (nSPS) is 18.1. The van der Waals surface area contributed by atoms with Gasteiger partial charge in [-0.1, -0.05) is 12.1 Å². The van der Waals surface area contributed by atoms with Crippen LogP contribution in [0.4, 0.5) is 18.9 Å². The molecule has 23 heavy (non-hydrogen) atoms. The lowest BCUT2D eigenvalue weighted by molar-refractivity contribution is -0.142. The number of nitrogens with one attached hydrogen (secondary N) is 1. The van der Waals surface area contributed by atoms with Gasteiger partial charge >= 0.3 is 6.18 Å². The van der Waals surface area contributed by atoms with Crippen LogP contribution in [-0.4, -0.2) is 29.7 Å². The zero-order valence-electron chi connectivity index (χ0n) is 11.9. The summed E-state index contributed by atoms with van der Waals surface area (Å²) in [6.07, 6.45) is -0.938. The van der Waals surface area contributed by atoms with Crippen molar-refractivity contribution in [3.05, 3.63) is 60.1 Å². The van der Waals surface area contributed by atoms with Gasteiger partial charge in [-0.2, -0.15) is 13.2 Å². The van der Waals surface area contributed by atoms with Crippen LogP contribution in [0.15, 0.2) is 53.2 Å². The lowest BCUT2D eigenvalue weighted by atomic mass is 10.1. The Hall–Kier alpha value is -2.70. The lowest BCUT2D eigenvalue weighted by Crippen LogP contribution is -2.51. The fraction of sp³-hybridized carbons (Fsp3) is 0.188. The van der Waals surface area contributed by atoms with Crippen molar-refractivity contribution in [2.75, 3.05) is 11.9 Å². The van der Waals surface area contributed by atoms with Gasteiger partial charge in [0.1, 0.15) is 18.5 Å². The monoisotopic (exact) mass is 322 g/mol. The number of nitrogens with zero attached hydrogens (tertiary/aromatic N) is 1. The molecule has 1 aliphatic heterocycles. The molecule has 0 spiro atoms. The molecule has 1 aromatic carbocycles. The molecule has 0 unspecified atom stereocenters. The van der Waals surface area contributed by atoms with E-state index in [1.54, 1.807) is 30.3 Å². The van der Waals surface area contributed by atoms with Gasteiger partial charge in [-0.15, -0.1) is 0 Å². The van der Waals surface area contributed by atoms with E-state index in [-0.39, 0.29) is 5.56 Å². The van der Waals surface area contributed by atoms with Crippen molar-refractivity contribution in [3.63, 3.8) is 0 Å². The minimum Gasteiger partial charge on any atom is -0.465 e. The molecule has 0 aliphatic carbocycles. The average Bonchev–Trinajstić information content (AvgIpc) is 3.01. The van der Waals surface area contributed by atoms with Gasteiger partial charge in [-0.05, 0) is 36.4 Å². The molecule has 3 rings (SSSR count). The highest BCUT2D eigenvalue weighted by Gasteiger charge is 2.39. The number of para-hydroxylation sites is 1. The van der Waals surface area contributed by atoms with Crippen LogP contribution in [0.25, 0.3) is 6.08 Å². The molecule has 1 aromatic heterocycles. The van der Waals surface area contributed by atoms with Crippen LogP contribution < -0.4 is 5.32 Å². The van der Waals surface area contributed by atoms with Crippen molar-refractivity contribution in [1.82, 2.24) is 4.90 Å². The molecule has 0 saturated heterocycles. The summed E-state index contributed by atoms with van der Waals surface area (Å²) in [5.41, 5.74) is 0.726. The Balaban J connectivity index is 1.92. The summed E-state index contributed by atoms with van der Waals surface area (Å²) in [5, 5.41) is 2.94. The second-order valence-corrected chi connectivity index (χ2v) is 5.06. The van der Waals surface area contributed by atoms with Crippen LogP contribution in [-0.2, 0) is 0 Å². The number of furan rings is 1. The third-order valence-electron chi connectivity index (χ3n) is 3.39. The van der Waals surface area contributed by atoms with E-state index in [9.17, 15) is 18.0 Å². The van der Waals surface area contributed by atoms with Gasteiger partial charge in [0.2, 0.25) is 0 Å². The molecular formula is C16H13F3N2O2. The molecule has 1 aliphatic rings. The molecule has 0 radical (unpaired) electrons. The standard InChI is InChI=1S/C16H13F3N2O2/c17-16(18,19)10-21-14(8-7-11-4-3-9-23-11)20-13-6-2-1-5-12(13)15(21)22/h1-9,14,20H,10H2/b8-7+/t14-/m1/s1. The highest BCUT2D eigenvalue weighted by atomic mass is 19.4. The molecule has 2 heterocycles. The maximum absolute atomic E-state index is 12.8. The van der Waals surface area contributed by atoms with E-state index in [1.807, 2.05) is 0 Å². The predicted octanol–water partition coefficient (Wildman–Crippen LogP) is 3.75. The van der Waals surface area contributed by atoms with Crippen molar-refractivity contribution in [2.45, 2.75) is 12.3 Å². The number of carbonyl (C=O) groups is 1. The number of amides is 1. The molecular weight excluding hydrogens is 309 g/mol. The number of rotatable bonds is 3. The lowest BCUT2D eigenvalue weighted by Gasteiger charge is -2.36. The van der Waals surface area contributed by atoms with Gasteiger partial charge in [0.05, 0.1) is 11.8 Å². The molecule has 0 fully saturated rings. The van der Waals surface area contributed by atoms with Gasteiger partial charge in [-0.3, -0.25) is 4.79 Å². The Kier molecular flexibility index (Phi) is 3.85. The number of carbonyl (C=O) groups excluding carboxylic acids is 1. The highest BCUT2D eigenvalue weighted by Crippen LogP contribution is 2.28. The number of halogens is 3. The quantitative estimate of drug-likeness (QED) is 0.936. The number of fused-ring (bicyclic) bond motifs is 1. The van der Waals surface area contributed by atoms with Crippen LogP contribution in [0.2, 0.25) is 0 Å². The minimum atomic E-state index is -4.49. The van der Waals surface area contributed by atoms with Crippen molar-refractivity contribution in [1.29, 1.82) is 0 Å². The molecule has 7 heteroatoms. The van der Waals surface area contributed by atoms with E-state index < -0.39 is 24.8 Å². The molecule has 4 nitrogen and oxygen atoms in total. The Morgan fingerprint density at radius 1 is 1.22 bits per heavy atom. The first-order chi connectivity index (χ1) is 10.9. The van der Waals surface area contributed by atoms with E-state index in [2.05, 4.69) is 5.32 Å². The average molecular weight is 322 g/mol. The topological polar surface area (TPSA) is 45.5 Å². The number of hydrogen-bond acceptors (Lipinski definition) is 3. The second kappa shape index (κ2) is 5.83. The van der Waals surface area contributed by atoms with Crippen LogP contribution >= 0.6 is 0 Å². The van der Waals surface area contributed by atoms with E-state index in [0.717, 1.165) is 4.90 Å². The summed E-state index contributed by atoms with van der Waals surface area (Å²) in [6, 6.07) is 9.83.